The quantitative estimate of drug-likeness (QED) is 0.200. The molecule has 0 bridgehead atoms. The summed E-state index contributed by atoms with van der Waals surface area (Å²) in [5, 5.41) is 7.17. The predicted molar refractivity (Wildman–Crippen MR) is 172 cm³/mol. The van der Waals surface area contributed by atoms with E-state index in [4.69, 9.17) is 26.6 Å². The van der Waals surface area contributed by atoms with E-state index in [9.17, 15) is 4.79 Å². The van der Waals surface area contributed by atoms with Crippen LogP contribution in [0.3, 0.4) is 0 Å². The summed E-state index contributed by atoms with van der Waals surface area (Å²) in [4.78, 5) is 31.7. The Morgan fingerprint density at radius 2 is 1.86 bits per heavy atom. The average Bonchev–Trinajstić information content (AvgIpc) is 3.39. The normalized spacial score (nSPS) is 14.3. The summed E-state index contributed by atoms with van der Waals surface area (Å²) in [7, 11) is 0. The molecule has 10 heteroatoms. The van der Waals surface area contributed by atoms with Gasteiger partial charge in [0.25, 0.3) is 0 Å². The highest BCUT2D eigenvalue weighted by Gasteiger charge is 2.25. The van der Waals surface area contributed by atoms with E-state index in [1.54, 1.807) is 12.1 Å². The maximum Gasteiger partial charge on any atom is 0.321 e. The van der Waals surface area contributed by atoms with Crippen molar-refractivity contribution in [2.24, 2.45) is 5.92 Å². The second-order valence-electron chi connectivity index (χ2n) is 11.1. The minimum atomic E-state index is -0.135. The summed E-state index contributed by atoms with van der Waals surface area (Å²) >= 11 is 6.08. The largest absolute Gasteiger partial charge is 0.368 e. The number of hydrogen-bond acceptors (Lipinski definition) is 6. The molecule has 0 aliphatic carbocycles. The van der Waals surface area contributed by atoms with Crippen molar-refractivity contribution < 1.29 is 4.79 Å². The zero-order valence-electron chi connectivity index (χ0n) is 24.8. The fourth-order valence-corrected chi connectivity index (χ4v) is 5.57. The molecule has 0 radical (unpaired) electrons. The molecule has 5 rings (SSSR count). The number of carbonyl (C=O) groups is 1. The van der Waals surface area contributed by atoms with Gasteiger partial charge in [0.05, 0.1) is 12.9 Å². The maximum atomic E-state index is 12.9. The molecule has 2 N–H and O–H groups in total. The number of unbranched alkanes of at least 4 members (excludes halogenated alkanes) is 1. The number of aromatic nitrogens is 4. The molecule has 4 aromatic rings. The van der Waals surface area contributed by atoms with Crippen molar-refractivity contribution >= 4 is 46.2 Å². The zero-order chi connectivity index (χ0) is 29.5. The van der Waals surface area contributed by atoms with Gasteiger partial charge in [-0.2, -0.15) is 9.97 Å². The number of piperazine rings is 1. The second-order valence-corrected chi connectivity index (χ2v) is 11.6. The number of nitrogens with one attached hydrogen (secondary N) is 2. The number of amides is 2. The van der Waals surface area contributed by atoms with Gasteiger partial charge in [-0.3, -0.25) is 0 Å². The minimum absolute atomic E-state index is 0.135. The van der Waals surface area contributed by atoms with Crippen LogP contribution in [-0.2, 0) is 6.54 Å². The average molecular weight is 589 g/mol. The molecule has 2 aromatic heterocycles. The number of halogens is 1. The van der Waals surface area contributed by atoms with Crippen LogP contribution in [0.4, 0.5) is 22.2 Å². The standard InChI is InChI=1S/C32H41ClN8O/c1-4-6-10-24(5-2)20-34-29-28-30(41(22-35-28)21-25-11-7-9-23(3)18-25)38-31(37-29)39-14-16-40(17-15-39)32(42)36-27-13-8-12-26(33)19-27/h7-9,11-13,18-19,22,24H,4-6,10,14-17,20-21H2,1-3H3,(H,36,42)(H,34,37,38). The molecule has 42 heavy (non-hydrogen) atoms. The summed E-state index contributed by atoms with van der Waals surface area (Å²) in [5.74, 6) is 2.01. The summed E-state index contributed by atoms with van der Waals surface area (Å²) in [5.41, 5.74) is 4.71. The van der Waals surface area contributed by atoms with Crippen LogP contribution in [0.15, 0.2) is 54.9 Å². The Morgan fingerprint density at radius 1 is 1.05 bits per heavy atom. The Balaban J connectivity index is 1.35. The number of fused-ring (bicyclic) bond motifs is 1. The van der Waals surface area contributed by atoms with E-state index < -0.39 is 0 Å². The van der Waals surface area contributed by atoms with Gasteiger partial charge < -0.3 is 25.0 Å². The third-order valence-electron chi connectivity index (χ3n) is 7.91. The lowest BCUT2D eigenvalue weighted by Crippen LogP contribution is -2.50. The lowest BCUT2D eigenvalue weighted by atomic mass is 9.99. The Bertz CT molecular complexity index is 1500. The molecule has 1 aliphatic heterocycles. The molecular formula is C32H41ClN8O. The first-order chi connectivity index (χ1) is 20.4. The van der Waals surface area contributed by atoms with Crippen molar-refractivity contribution in [3.63, 3.8) is 0 Å². The van der Waals surface area contributed by atoms with Crippen molar-refractivity contribution in [3.8, 4) is 0 Å². The van der Waals surface area contributed by atoms with Crippen molar-refractivity contribution in [1.82, 2.24) is 24.4 Å². The van der Waals surface area contributed by atoms with Crippen LogP contribution >= 0.6 is 11.6 Å². The van der Waals surface area contributed by atoms with E-state index in [0.717, 1.165) is 29.9 Å². The Hall–Kier alpha value is -3.85. The van der Waals surface area contributed by atoms with Crippen LogP contribution < -0.4 is 15.5 Å². The molecular weight excluding hydrogens is 548 g/mol. The van der Waals surface area contributed by atoms with E-state index in [1.807, 2.05) is 23.4 Å². The SMILES string of the molecule is CCCCC(CC)CNc1nc(N2CCN(C(=O)Nc3cccc(Cl)c3)CC2)nc2c1ncn2Cc1cccc(C)c1. The van der Waals surface area contributed by atoms with Gasteiger partial charge in [-0.25, -0.2) is 9.78 Å². The number of benzene rings is 2. The van der Waals surface area contributed by atoms with Crippen LogP contribution in [0.25, 0.3) is 11.2 Å². The highest BCUT2D eigenvalue weighted by Crippen LogP contribution is 2.26. The van der Waals surface area contributed by atoms with E-state index in [2.05, 4.69) is 65.1 Å². The molecule has 1 fully saturated rings. The molecule has 1 unspecified atom stereocenters. The maximum absolute atomic E-state index is 12.9. The first-order valence-corrected chi connectivity index (χ1v) is 15.4. The first-order valence-electron chi connectivity index (χ1n) is 15.0. The minimum Gasteiger partial charge on any atom is -0.368 e. The van der Waals surface area contributed by atoms with Crippen molar-refractivity contribution in [3.05, 3.63) is 71.0 Å². The second kappa shape index (κ2) is 13.9. The number of aryl methyl sites for hydroxylation is 1. The van der Waals surface area contributed by atoms with Gasteiger partial charge in [0, 0.05) is 43.4 Å². The number of rotatable bonds is 11. The van der Waals surface area contributed by atoms with Crippen LogP contribution in [0.5, 0.6) is 0 Å². The van der Waals surface area contributed by atoms with Crippen molar-refractivity contribution in [2.75, 3.05) is 48.3 Å². The molecule has 1 aliphatic rings. The van der Waals surface area contributed by atoms with Crippen LogP contribution in [0.1, 0.15) is 50.7 Å². The Kier molecular flexibility index (Phi) is 9.79. The number of imidazole rings is 1. The van der Waals surface area contributed by atoms with Crippen LogP contribution in [0.2, 0.25) is 5.02 Å². The molecule has 9 nitrogen and oxygen atoms in total. The third-order valence-corrected chi connectivity index (χ3v) is 8.15. The van der Waals surface area contributed by atoms with E-state index in [-0.39, 0.29) is 6.03 Å². The molecule has 222 valence electrons. The van der Waals surface area contributed by atoms with Gasteiger partial charge in [-0.15, -0.1) is 0 Å². The summed E-state index contributed by atoms with van der Waals surface area (Å²) in [6.07, 6.45) is 6.61. The lowest BCUT2D eigenvalue weighted by Gasteiger charge is -2.34. The monoisotopic (exact) mass is 588 g/mol. The fraction of sp³-hybridized carbons (Fsp3) is 0.438. The first kappa shape index (κ1) is 29.6. The number of carbonyl (C=O) groups excluding carboxylic acids is 1. The molecule has 1 atom stereocenters. The van der Waals surface area contributed by atoms with E-state index >= 15 is 0 Å². The van der Waals surface area contributed by atoms with Gasteiger partial charge in [-0.1, -0.05) is 80.6 Å². The number of anilines is 3. The molecule has 3 heterocycles. The predicted octanol–water partition coefficient (Wildman–Crippen LogP) is 6.82. The van der Waals surface area contributed by atoms with Gasteiger partial charge in [0.15, 0.2) is 17.0 Å². The third kappa shape index (κ3) is 7.31. The topological polar surface area (TPSA) is 91.2 Å². The smallest absolute Gasteiger partial charge is 0.321 e. The number of hydrogen-bond donors (Lipinski definition) is 2. The summed E-state index contributed by atoms with van der Waals surface area (Å²) in [6.45, 7) is 10.5. The molecule has 1 saturated heterocycles. The zero-order valence-corrected chi connectivity index (χ0v) is 25.6. The van der Waals surface area contributed by atoms with Gasteiger partial charge >= 0.3 is 6.03 Å². The molecule has 2 amide bonds. The van der Waals surface area contributed by atoms with Gasteiger partial charge in [0.2, 0.25) is 5.95 Å². The van der Waals surface area contributed by atoms with Crippen molar-refractivity contribution in [2.45, 2.75) is 53.0 Å². The fourth-order valence-electron chi connectivity index (χ4n) is 5.38. The Labute approximate surface area is 253 Å². The van der Waals surface area contributed by atoms with E-state index in [0.29, 0.717) is 55.3 Å². The highest BCUT2D eigenvalue weighted by molar-refractivity contribution is 6.30. The van der Waals surface area contributed by atoms with Crippen molar-refractivity contribution in [1.29, 1.82) is 0 Å². The number of urea groups is 1. The Morgan fingerprint density at radius 3 is 2.60 bits per heavy atom. The van der Waals surface area contributed by atoms with Crippen LogP contribution in [0, 0.1) is 12.8 Å². The molecule has 0 spiro atoms. The highest BCUT2D eigenvalue weighted by atomic mass is 35.5. The number of nitrogens with zero attached hydrogens (tertiary/aromatic N) is 6. The molecule has 2 aromatic carbocycles. The van der Waals surface area contributed by atoms with E-state index in [1.165, 1.54) is 30.4 Å². The van der Waals surface area contributed by atoms with Gasteiger partial charge in [-0.05, 0) is 43.0 Å². The lowest BCUT2D eigenvalue weighted by molar-refractivity contribution is 0.208. The molecule has 0 saturated carbocycles. The van der Waals surface area contributed by atoms with Gasteiger partial charge in [0.1, 0.15) is 0 Å². The van der Waals surface area contributed by atoms with Crippen LogP contribution in [-0.4, -0.2) is 63.2 Å². The summed E-state index contributed by atoms with van der Waals surface area (Å²) in [6, 6.07) is 15.6. The summed E-state index contributed by atoms with van der Waals surface area (Å²) < 4.78 is 2.10.